The van der Waals surface area contributed by atoms with Gasteiger partial charge in [0, 0.05) is 36.3 Å². The predicted molar refractivity (Wildman–Crippen MR) is 85.8 cm³/mol. The van der Waals surface area contributed by atoms with Crippen LogP contribution in [0.2, 0.25) is 0 Å². The molecule has 0 aliphatic carbocycles. The van der Waals surface area contributed by atoms with Crippen molar-refractivity contribution in [3.8, 4) is 0 Å². The Morgan fingerprint density at radius 2 is 2.15 bits per heavy atom. The van der Waals surface area contributed by atoms with Crippen molar-refractivity contribution in [3.63, 3.8) is 0 Å². The molecule has 1 aliphatic rings. The number of nitrogens with zero attached hydrogens (tertiary/aromatic N) is 1. The quantitative estimate of drug-likeness (QED) is 0.774. The van der Waals surface area contributed by atoms with Crippen molar-refractivity contribution < 1.29 is 4.79 Å². The molecule has 0 radical (unpaired) electrons. The van der Waals surface area contributed by atoms with Crippen LogP contribution in [0.3, 0.4) is 0 Å². The summed E-state index contributed by atoms with van der Waals surface area (Å²) in [5.41, 5.74) is 4.25. The van der Waals surface area contributed by atoms with Gasteiger partial charge in [-0.25, -0.2) is 0 Å². The number of carbonyl (C=O) groups excluding carboxylic acids is 1. The molecular weight excluding hydrogens is 384 g/mol. The molecule has 5 heteroatoms. The van der Waals surface area contributed by atoms with Crippen molar-refractivity contribution in [3.05, 3.63) is 55.7 Å². The molecule has 1 N–H and O–H groups in total. The van der Waals surface area contributed by atoms with Gasteiger partial charge in [-0.3, -0.25) is 4.79 Å². The smallest absolute Gasteiger partial charge is 0.254 e. The van der Waals surface area contributed by atoms with E-state index in [1.807, 2.05) is 36.1 Å². The Kier molecular flexibility index (Phi) is 3.73. The molecule has 2 aromatic rings. The minimum absolute atomic E-state index is 0.101. The molecule has 1 aromatic heterocycles. The number of rotatable bonds is 1. The van der Waals surface area contributed by atoms with Crippen LogP contribution >= 0.6 is 31.9 Å². The zero-order valence-electron chi connectivity index (χ0n) is 11.0. The highest BCUT2D eigenvalue weighted by molar-refractivity contribution is 9.13. The first kappa shape index (κ1) is 13.9. The van der Waals surface area contributed by atoms with Crippen LogP contribution in [0.5, 0.6) is 0 Å². The fourth-order valence-electron chi connectivity index (χ4n) is 2.56. The topological polar surface area (TPSA) is 36.1 Å². The van der Waals surface area contributed by atoms with E-state index in [0.717, 1.165) is 33.2 Å². The van der Waals surface area contributed by atoms with E-state index < -0.39 is 0 Å². The minimum atomic E-state index is 0.101. The fourth-order valence-corrected chi connectivity index (χ4v) is 3.50. The molecule has 0 bridgehead atoms. The first-order chi connectivity index (χ1) is 9.56. The Morgan fingerprint density at radius 3 is 2.90 bits per heavy atom. The van der Waals surface area contributed by atoms with Crippen molar-refractivity contribution in [1.29, 1.82) is 0 Å². The zero-order valence-corrected chi connectivity index (χ0v) is 14.2. The van der Waals surface area contributed by atoms with Crippen LogP contribution < -0.4 is 0 Å². The molecule has 0 unspecified atom stereocenters. The normalized spacial score (nSPS) is 14.2. The molecule has 1 aromatic carbocycles. The Hall–Kier alpha value is -1.07. The maximum absolute atomic E-state index is 12.6. The van der Waals surface area contributed by atoms with E-state index in [2.05, 4.69) is 36.8 Å². The lowest BCUT2D eigenvalue weighted by Gasteiger charge is -2.27. The third-order valence-electron chi connectivity index (χ3n) is 3.62. The Bertz CT molecular complexity index is 679. The summed E-state index contributed by atoms with van der Waals surface area (Å²) in [5, 5.41) is 0. The molecule has 0 saturated heterocycles. The zero-order chi connectivity index (χ0) is 14.3. The highest BCUT2D eigenvalue weighted by atomic mass is 79.9. The lowest BCUT2D eigenvalue weighted by molar-refractivity contribution is 0.0734. The maximum Gasteiger partial charge on any atom is 0.254 e. The molecule has 0 atom stereocenters. The van der Waals surface area contributed by atoms with E-state index >= 15 is 0 Å². The highest BCUT2D eigenvalue weighted by Crippen LogP contribution is 2.33. The van der Waals surface area contributed by atoms with Gasteiger partial charge in [0.2, 0.25) is 0 Å². The number of aryl methyl sites for hydroxylation is 1. The Morgan fingerprint density at radius 1 is 1.35 bits per heavy atom. The number of H-pyrrole nitrogens is 1. The van der Waals surface area contributed by atoms with Crippen molar-refractivity contribution in [2.45, 2.75) is 19.9 Å². The molecule has 1 amide bonds. The molecule has 3 nitrogen and oxygen atoms in total. The lowest BCUT2D eigenvalue weighted by Crippen LogP contribution is -2.35. The first-order valence-corrected chi connectivity index (χ1v) is 8.05. The summed E-state index contributed by atoms with van der Waals surface area (Å²) < 4.78 is 1.97. The predicted octanol–water partition coefficient (Wildman–Crippen LogP) is 4.05. The second kappa shape index (κ2) is 5.37. The summed E-state index contributed by atoms with van der Waals surface area (Å²) in [5.74, 6) is 0.101. The average molecular weight is 398 g/mol. The summed E-state index contributed by atoms with van der Waals surface area (Å²) in [6, 6.07) is 7.76. The van der Waals surface area contributed by atoms with Gasteiger partial charge in [0.1, 0.15) is 0 Å². The SMILES string of the molecule is Cc1cccc(C(=O)N2CCc3[nH]c(Br)c(Br)c3C2)c1. The summed E-state index contributed by atoms with van der Waals surface area (Å²) in [4.78, 5) is 17.8. The summed E-state index contributed by atoms with van der Waals surface area (Å²) in [6.07, 6.45) is 0.858. The van der Waals surface area contributed by atoms with Crippen LogP contribution in [0.15, 0.2) is 33.3 Å². The van der Waals surface area contributed by atoms with Gasteiger partial charge in [-0.2, -0.15) is 0 Å². The molecule has 20 heavy (non-hydrogen) atoms. The van der Waals surface area contributed by atoms with Gasteiger partial charge in [0.05, 0.1) is 9.08 Å². The average Bonchev–Trinajstić information content (AvgIpc) is 2.73. The van der Waals surface area contributed by atoms with Gasteiger partial charge in [-0.1, -0.05) is 17.7 Å². The highest BCUT2D eigenvalue weighted by Gasteiger charge is 2.25. The van der Waals surface area contributed by atoms with Crippen LogP contribution in [-0.4, -0.2) is 22.3 Å². The number of carbonyl (C=O) groups is 1. The number of benzene rings is 1. The van der Waals surface area contributed by atoms with Crippen molar-refractivity contribution in [2.75, 3.05) is 6.54 Å². The molecule has 3 rings (SSSR count). The third kappa shape index (κ3) is 2.44. The molecule has 0 fully saturated rings. The van der Waals surface area contributed by atoms with Crippen molar-refractivity contribution in [1.82, 2.24) is 9.88 Å². The number of halogens is 2. The molecule has 104 valence electrons. The van der Waals surface area contributed by atoms with E-state index in [0.29, 0.717) is 6.54 Å². The molecule has 0 spiro atoms. The van der Waals surface area contributed by atoms with Crippen molar-refractivity contribution in [2.24, 2.45) is 0 Å². The van der Waals surface area contributed by atoms with Gasteiger partial charge < -0.3 is 9.88 Å². The number of aromatic amines is 1. The second-order valence-corrected chi connectivity index (χ2v) is 6.64. The van der Waals surface area contributed by atoms with Crippen LogP contribution in [0, 0.1) is 6.92 Å². The molecule has 0 saturated carbocycles. The fraction of sp³-hybridized carbons (Fsp3) is 0.267. The maximum atomic E-state index is 12.6. The molecule has 1 aliphatic heterocycles. The third-order valence-corrected chi connectivity index (χ3v) is 5.62. The van der Waals surface area contributed by atoms with E-state index in [1.54, 1.807) is 0 Å². The summed E-state index contributed by atoms with van der Waals surface area (Å²) >= 11 is 7.05. The molecular formula is C15H14Br2N2O. The van der Waals surface area contributed by atoms with E-state index in [9.17, 15) is 4.79 Å². The van der Waals surface area contributed by atoms with E-state index in [-0.39, 0.29) is 5.91 Å². The van der Waals surface area contributed by atoms with Crippen LogP contribution in [0.25, 0.3) is 0 Å². The van der Waals surface area contributed by atoms with E-state index in [4.69, 9.17) is 0 Å². The van der Waals surface area contributed by atoms with Gasteiger partial charge in [-0.05, 0) is 50.9 Å². The Labute approximate surface area is 134 Å². The standard InChI is InChI=1S/C15H14Br2N2O/c1-9-3-2-4-10(7-9)15(20)19-6-5-12-11(8-19)13(16)14(17)18-12/h2-4,7,18H,5-6,8H2,1H3. The number of aromatic nitrogens is 1. The largest absolute Gasteiger partial charge is 0.352 e. The monoisotopic (exact) mass is 396 g/mol. The van der Waals surface area contributed by atoms with Crippen LogP contribution in [-0.2, 0) is 13.0 Å². The van der Waals surface area contributed by atoms with Crippen LogP contribution in [0.4, 0.5) is 0 Å². The summed E-state index contributed by atoms with van der Waals surface area (Å²) in [7, 11) is 0. The van der Waals surface area contributed by atoms with Gasteiger partial charge in [-0.15, -0.1) is 0 Å². The van der Waals surface area contributed by atoms with Gasteiger partial charge >= 0.3 is 0 Å². The second-order valence-electron chi connectivity index (χ2n) is 5.06. The number of nitrogens with one attached hydrogen (secondary N) is 1. The van der Waals surface area contributed by atoms with Crippen molar-refractivity contribution >= 4 is 37.8 Å². The van der Waals surface area contributed by atoms with Gasteiger partial charge in [0.25, 0.3) is 5.91 Å². The first-order valence-electron chi connectivity index (χ1n) is 6.47. The number of fused-ring (bicyclic) bond motifs is 1. The summed E-state index contributed by atoms with van der Waals surface area (Å²) in [6.45, 7) is 3.40. The Balaban J connectivity index is 1.86. The van der Waals surface area contributed by atoms with Gasteiger partial charge in [0.15, 0.2) is 0 Å². The van der Waals surface area contributed by atoms with E-state index in [1.165, 1.54) is 11.3 Å². The number of amides is 1. The number of hydrogen-bond acceptors (Lipinski definition) is 1. The lowest BCUT2D eigenvalue weighted by atomic mass is 10.1. The minimum Gasteiger partial charge on any atom is -0.352 e. The molecule has 2 heterocycles. The van der Waals surface area contributed by atoms with Crippen LogP contribution in [0.1, 0.15) is 27.2 Å². The number of hydrogen-bond donors (Lipinski definition) is 1.